The molecule has 0 unspecified atom stereocenters. The summed E-state index contributed by atoms with van der Waals surface area (Å²) in [6.07, 6.45) is -2.77. The van der Waals surface area contributed by atoms with E-state index in [9.17, 15) is 13.2 Å². The van der Waals surface area contributed by atoms with Gasteiger partial charge in [0.25, 0.3) is 0 Å². The third kappa shape index (κ3) is 4.37. The Balaban J connectivity index is 1.48. The van der Waals surface area contributed by atoms with E-state index in [1.807, 2.05) is 42.5 Å². The largest absolute Gasteiger partial charge is 0.497 e. The van der Waals surface area contributed by atoms with Gasteiger partial charge in [-0.2, -0.15) is 13.2 Å². The third-order valence-electron chi connectivity index (χ3n) is 4.84. The van der Waals surface area contributed by atoms with Crippen molar-refractivity contribution in [2.75, 3.05) is 13.7 Å². The topological polar surface area (TPSA) is 51.1 Å². The van der Waals surface area contributed by atoms with Crippen LogP contribution in [0, 0.1) is 0 Å². The van der Waals surface area contributed by atoms with Crippen LogP contribution in [0.2, 0.25) is 0 Å². The second-order valence-electron chi connectivity index (χ2n) is 6.87. The molecule has 150 valence electrons. The Hall–Kier alpha value is -3.00. The first-order chi connectivity index (χ1) is 13.9. The van der Waals surface area contributed by atoms with Gasteiger partial charge in [0, 0.05) is 43.4 Å². The number of rotatable bonds is 4. The first-order valence-corrected chi connectivity index (χ1v) is 9.17. The fraction of sp³-hybridized carbons (Fsp3) is 0.286. The van der Waals surface area contributed by atoms with E-state index in [4.69, 9.17) is 9.72 Å². The zero-order valence-corrected chi connectivity index (χ0v) is 15.8. The average Bonchev–Trinajstić information content (AvgIpc) is 2.73. The summed E-state index contributed by atoms with van der Waals surface area (Å²) in [6.45, 7) is 1.72. The van der Waals surface area contributed by atoms with Gasteiger partial charge in [0.05, 0.1) is 24.2 Å². The second kappa shape index (κ2) is 7.79. The molecule has 0 atom stereocenters. The van der Waals surface area contributed by atoms with Gasteiger partial charge in [0.2, 0.25) is 5.82 Å². The fourth-order valence-electron chi connectivity index (χ4n) is 3.37. The summed E-state index contributed by atoms with van der Waals surface area (Å²) in [5.41, 5.74) is 3.96. The zero-order valence-electron chi connectivity index (χ0n) is 15.8. The number of hydrogen-bond acceptors (Lipinski definition) is 5. The van der Waals surface area contributed by atoms with Gasteiger partial charge in [0.1, 0.15) is 5.75 Å². The van der Waals surface area contributed by atoms with E-state index in [1.54, 1.807) is 7.11 Å². The molecule has 5 nitrogen and oxygen atoms in total. The molecule has 4 rings (SSSR count). The Morgan fingerprint density at radius 1 is 1.07 bits per heavy atom. The van der Waals surface area contributed by atoms with Crippen LogP contribution in [0.3, 0.4) is 0 Å². The number of methoxy groups -OCH3 is 1. The molecule has 8 heteroatoms. The Morgan fingerprint density at radius 3 is 2.59 bits per heavy atom. The predicted octanol–water partition coefficient (Wildman–Crippen LogP) is 4.12. The SMILES string of the molecule is COc1ccc(-c2cccc(CN3CCc4nc(C(F)(F)F)ncc4C3)n2)cc1. The number of hydrogen-bond donors (Lipinski definition) is 0. The van der Waals surface area contributed by atoms with Crippen molar-refractivity contribution in [3.05, 3.63) is 71.4 Å². The van der Waals surface area contributed by atoms with Crippen molar-refractivity contribution >= 4 is 0 Å². The Bertz CT molecular complexity index is 1010. The van der Waals surface area contributed by atoms with E-state index in [1.165, 1.54) is 6.20 Å². The Kier molecular flexibility index (Phi) is 5.19. The summed E-state index contributed by atoms with van der Waals surface area (Å²) in [7, 11) is 1.62. The normalized spacial score (nSPS) is 14.5. The van der Waals surface area contributed by atoms with Crippen LogP contribution in [0.5, 0.6) is 5.75 Å². The molecule has 0 radical (unpaired) electrons. The maximum atomic E-state index is 12.8. The number of halogens is 3. The minimum atomic E-state index is -4.52. The van der Waals surface area contributed by atoms with E-state index in [0.717, 1.165) is 28.3 Å². The van der Waals surface area contributed by atoms with Crippen LogP contribution >= 0.6 is 0 Å². The molecule has 0 spiro atoms. The van der Waals surface area contributed by atoms with E-state index < -0.39 is 12.0 Å². The van der Waals surface area contributed by atoms with Gasteiger partial charge in [-0.15, -0.1) is 0 Å². The molecule has 0 amide bonds. The van der Waals surface area contributed by atoms with Crippen molar-refractivity contribution in [1.82, 2.24) is 19.9 Å². The second-order valence-corrected chi connectivity index (χ2v) is 6.87. The molecule has 0 aliphatic carbocycles. The third-order valence-corrected chi connectivity index (χ3v) is 4.84. The van der Waals surface area contributed by atoms with Crippen molar-refractivity contribution in [3.8, 4) is 17.0 Å². The summed E-state index contributed by atoms with van der Waals surface area (Å²) < 4.78 is 43.6. The lowest BCUT2D eigenvalue weighted by Crippen LogP contribution is -2.32. The first kappa shape index (κ1) is 19.3. The lowest BCUT2D eigenvalue weighted by atomic mass is 10.1. The molecule has 3 heterocycles. The zero-order chi connectivity index (χ0) is 20.4. The van der Waals surface area contributed by atoms with Crippen LogP contribution in [-0.2, 0) is 25.7 Å². The standard InChI is InChI=1S/C21H19F3N4O/c1-29-17-7-5-14(6-8-17)18-4-2-3-16(26-18)13-28-10-9-19-15(12-28)11-25-20(27-19)21(22,23)24/h2-8,11H,9-10,12-13H2,1H3. The molecule has 1 aliphatic heterocycles. The maximum Gasteiger partial charge on any atom is 0.451 e. The number of aromatic nitrogens is 3. The molecule has 3 aromatic rings. The van der Waals surface area contributed by atoms with Gasteiger partial charge in [0.15, 0.2) is 0 Å². The molecular weight excluding hydrogens is 381 g/mol. The minimum Gasteiger partial charge on any atom is -0.497 e. The van der Waals surface area contributed by atoms with Crippen LogP contribution in [-0.4, -0.2) is 33.5 Å². The van der Waals surface area contributed by atoms with Crippen molar-refractivity contribution in [1.29, 1.82) is 0 Å². The van der Waals surface area contributed by atoms with Gasteiger partial charge in [-0.3, -0.25) is 9.88 Å². The highest BCUT2D eigenvalue weighted by Crippen LogP contribution is 2.28. The molecule has 0 saturated carbocycles. The summed E-state index contributed by atoms with van der Waals surface area (Å²) in [5.74, 6) is -0.286. The van der Waals surface area contributed by atoms with Gasteiger partial charge in [-0.1, -0.05) is 6.07 Å². The molecule has 1 aliphatic rings. The summed E-state index contributed by atoms with van der Waals surface area (Å²) in [5, 5.41) is 0. The number of nitrogens with zero attached hydrogens (tertiary/aromatic N) is 4. The average molecular weight is 400 g/mol. The highest BCUT2D eigenvalue weighted by molar-refractivity contribution is 5.60. The molecule has 29 heavy (non-hydrogen) atoms. The lowest BCUT2D eigenvalue weighted by Gasteiger charge is -2.27. The predicted molar refractivity (Wildman–Crippen MR) is 101 cm³/mol. The first-order valence-electron chi connectivity index (χ1n) is 9.17. The van der Waals surface area contributed by atoms with Crippen LogP contribution < -0.4 is 4.74 Å². The number of benzene rings is 1. The molecule has 0 fully saturated rings. The van der Waals surface area contributed by atoms with Crippen molar-refractivity contribution in [3.63, 3.8) is 0 Å². The van der Waals surface area contributed by atoms with Gasteiger partial charge >= 0.3 is 6.18 Å². The van der Waals surface area contributed by atoms with Crippen molar-refractivity contribution in [2.24, 2.45) is 0 Å². The monoisotopic (exact) mass is 400 g/mol. The van der Waals surface area contributed by atoms with Crippen molar-refractivity contribution in [2.45, 2.75) is 25.7 Å². The van der Waals surface area contributed by atoms with Crippen LogP contribution in [0.25, 0.3) is 11.3 Å². The van der Waals surface area contributed by atoms with Crippen LogP contribution in [0.15, 0.2) is 48.7 Å². The van der Waals surface area contributed by atoms with Crippen molar-refractivity contribution < 1.29 is 17.9 Å². The fourth-order valence-corrected chi connectivity index (χ4v) is 3.37. The summed E-state index contributed by atoms with van der Waals surface area (Å²) in [4.78, 5) is 14.1. The number of alkyl halides is 3. The number of ether oxygens (including phenoxy) is 1. The van der Waals surface area contributed by atoms with Crippen LogP contribution in [0.4, 0.5) is 13.2 Å². The van der Waals surface area contributed by atoms with Gasteiger partial charge in [-0.05, 0) is 36.4 Å². The highest BCUT2D eigenvalue weighted by Gasteiger charge is 2.35. The molecular formula is C21H19F3N4O. The maximum absolute atomic E-state index is 12.8. The Labute approximate surface area is 166 Å². The van der Waals surface area contributed by atoms with E-state index >= 15 is 0 Å². The molecule has 2 aromatic heterocycles. The van der Waals surface area contributed by atoms with E-state index in [-0.39, 0.29) is 0 Å². The quantitative estimate of drug-likeness (QED) is 0.659. The van der Waals surface area contributed by atoms with Crippen LogP contribution in [0.1, 0.15) is 22.8 Å². The smallest absolute Gasteiger partial charge is 0.451 e. The van der Waals surface area contributed by atoms with E-state index in [2.05, 4.69) is 14.9 Å². The van der Waals surface area contributed by atoms with Gasteiger partial charge in [-0.25, -0.2) is 9.97 Å². The number of pyridine rings is 1. The number of fused-ring (bicyclic) bond motifs is 1. The molecule has 0 bridgehead atoms. The summed E-state index contributed by atoms with van der Waals surface area (Å²) >= 11 is 0. The highest BCUT2D eigenvalue weighted by atomic mass is 19.4. The van der Waals surface area contributed by atoms with E-state index in [0.29, 0.717) is 31.7 Å². The molecule has 0 N–H and O–H groups in total. The summed E-state index contributed by atoms with van der Waals surface area (Å²) in [6, 6.07) is 13.5. The Morgan fingerprint density at radius 2 is 1.86 bits per heavy atom. The molecule has 0 saturated heterocycles. The lowest BCUT2D eigenvalue weighted by molar-refractivity contribution is -0.145. The van der Waals surface area contributed by atoms with Gasteiger partial charge < -0.3 is 4.74 Å². The molecule has 1 aromatic carbocycles. The minimum absolute atomic E-state index is 0.457.